The Morgan fingerprint density at radius 3 is 2.52 bits per heavy atom. The lowest BCUT2D eigenvalue weighted by Crippen LogP contribution is -2.48. The van der Waals surface area contributed by atoms with Crippen LogP contribution in [0.5, 0.6) is 0 Å². The van der Waals surface area contributed by atoms with E-state index in [4.69, 9.17) is 0 Å². The van der Waals surface area contributed by atoms with Crippen LogP contribution in [0.3, 0.4) is 0 Å². The third kappa shape index (κ3) is 4.15. The lowest BCUT2D eigenvalue weighted by atomic mass is 9.88. The molecule has 1 amide bonds. The molecular formula is C16H27NO3S. The maximum atomic E-state index is 12.5. The van der Waals surface area contributed by atoms with Gasteiger partial charge in [-0.1, -0.05) is 39.0 Å². The summed E-state index contributed by atoms with van der Waals surface area (Å²) in [5, 5.41) is 9.51. The van der Waals surface area contributed by atoms with Crippen LogP contribution in [0, 0.1) is 5.92 Å². The van der Waals surface area contributed by atoms with Crippen molar-refractivity contribution in [2.45, 2.75) is 76.1 Å². The van der Waals surface area contributed by atoms with Gasteiger partial charge in [-0.05, 0) is 25.2 Å². The van der Waals surface area contributed by atoms with Crippen LogP contribution in [0.1, 0.15) is 64.7 Å². The van der Waals surface area contributed by atoms with Gasteiger partial charge in [-0.25, -0.2) is 4.79 Å². The number of amides is 1. The Kier molecular flexibility index (Phi) is 6.40. The second-order valence-corrected chi connectivity index (χ2v) is 7.38. The van der Waals surface area contributed by atoms with Crippen LogP contribution in [0.4, 0.5) is 0 Å². The first-order chi connectivity index (χ1) is 10.1. The number of thioether (sulfide) groups is 1. The molecule has 0 radical (unpaired) electrons. The fraction of sp³-hybridized carbons (Fsp3) is 0.875. The Morgan fingerprint density at radius 1 is 1.19 bits per heavy atom. The minimum Gasteiger partial charge on any atom is -0.480 e. The minimum absolute atomic E-state index is 0.0522. The Morgan fingerprint density at radius 2 is 1.90 bits per heavy atom. The van der Waals surface area contributed by atoms with Gasteiger partial charge in [0.1, 0.15) is 6.04 Å². The smallest absolute Gasteiger partial charge is 0.327 e. The number of unbranched alkanes of at least 4 members (excludes halogenated alkanes) is 2. The molecule has 0 aromatic rings. The van der Waals surface area contributed by atoms with Crippen molar-refractivity contribution in [1.82, 2.24) is 4.90 Å². The van der Waals surface area contributed by atoms with Crippen molar-refractivity contribution >= 4 is 23.6 Å². The van der Waals surface area contributed by atoms with Crippen molar-refractivity contribution in [3.8, 4) is 0 Å². The number of hydrogen-bond donors (Lipinski definition) is 1. The van der Waals surface area contributed by atoms with E-state index in [0.717, 1.165) is 32.1 Å². The third-order valence-electron chi connectivity index (χ3n) is 4.66. The highest BCUT2D eigenvalue weighted by Crippen LogP contribution is 2.40. The lowest BCUT2D eigenvalue weighted by molar-refractivity contribution is -0.149. The topological polar surface area (TPSA) is 57.6 Å². The number of carbonyl (C=O) groups excluding carboxylic acids is 1. The summed E-state index contributed by atoms with van der Waals surface area (Å²) in [6.45, 7) is 2.11. The number of carboxylic acid groups (broad SMARTS) is 1. The van der Waals surface area contributed by atoms with Crippen LogP contribution >= 0.6 is 11.8 Å². The molecule has 1 saturated heterocycles. The number of hydrogen-bond acceptors (Lipinski definition) is 3. The molecule has 4 nitrogen and oxygen atoms in total. The highest BCUT2D eigenvalue weighted by molar-refractivity contribution is 8.00. The first kappa shape index (κ1) is 16.7. The summed E-state index contributed by atoms with van der Waals surface area (Å²) < 4.78 is 0. The van der Waals surface area contributed by atoms with Gasteiger partial charge in [-0.2, -0.15) is 0 Å². The van der Waals surface area contributed by atoms with E-state index in [2.05, 4.69) is 6.92 Å². The Balaban J connectivity index is 2.04. The fourth-order valence-corrected chi connectivity index (χ4v) is 5.12. The van der Waals surface area contributed by atoms with Crippen molar-refractivity contribution in [1.29, 1.82) is 0 Å². The molecule has 1 aliphatic heterocycles. The van der Waals surface area contributed by atoms with Crippen molar-refractivity contribution in [2.75, 3.05) is 5.75 Å². The molecule has 0 spiro atoms. The maximum absolute atomic E-state index is 12.5. The Bertz CT molecular complexity index is 369. The first-order valence-electron chi connectivity index (χ1n) is 8.30. The first-order valence-corrected chi connectivity index (χ1v) is 9.35. The summed E-state index contributed by atoms with van der Waals surface area (Å²) in [5.41, 5.74) is 0. The van der Waals surface area contributed by atoms with Crippen molar-refractivity contribution in [3.05, 3.63) is 0 Å². The molecule has 0 bridgehead atoms. The molecule has 120 valence electrons. The molecule has 2 fully saturated rings. The standard InChI is InChI=1S/C16H27NO3S/c1-2-3-5-10-14(18)17-13(16(19)20)11-21-15(17)12-8-6-4-7-9-12/h12-13,15H,2-11H2,1H3,(H,19,20). The largest absolute Gasteiger partial charge is 0.480 e. The molecule has 0 aromatic heterocycles. The molecule has 2 atom stereocenters. The molecular weight excluding hydrogens is 286 g/mol. The monoisotopic (exact) mass is 313 g/mol. The number of aliphatic carboxylic acids is 1. The van der Waals surface area contributed by atoms with E-state index in [1.807, 2.05) is 0 Å². The van der Waals surface area contributed by atoms with E-state index in [-0.39, 0.29) is 11.3 Å². The van der Waals surface area contributed by atoms with E-state index >= 15 is 0 Å². The van der Waals surface area contributed by atoms with Crippen molar-refractivity contribution in [3.63, 3.8) is 0 Å². The summed E-state index contributed by atoms with van der Waals surface area (Å²) in [4.78, 5) is 25.7. The Labute approximate surface area is 131 Å². The van der Waals surface area contributed by atoms with E-state index in [1.165, 1.54) is 19.3 Å². The van der Waals surface area contributed by atoms with Gasteiger partial charge < -0.3 is 10.0 Å². The van der Waals surface area contributed by atoms with E-state index in [9.17, 15) is 14.7 Å². The predicted molar refractivity (Wildman–Crippen MR) is 85.2 cm³/mol. The fourth-order valence-electron chi connectivity index (χ4n) is 3.47. The quantitative estimate of drug-likeness (QED) is 0.763. The third-order valence-corrected chi connectivity index (χ3v) is 6.12. The maximum Gasteiger partial charge on any atom is 0.327 e. The summed E-state index contributed by atoms with van der Waals surface area (Å²) in [7, 11) is 0. The second kappa shape index (κ2) is 8.06. The summed E-state index contributed by atoms with van der Waals surface area (Å²) in [6, 6.07) is -0.615. The molecule has 1 N–H and O–H groups in total. The van der Waals surface area contributed by atoms with Crippen LogP contribution in [0.25, 0.3) is 0 Å². The molecule has 2 aliphatic rings. The van der Waals surface area contributed by atoms with Gasteiger partial charge >= 0.3 is 5.97 Å². The zero-order chi connectivity index (χ0) is 15.2. The van der Waals surface area contributed by atoms with Crippen LogP contribution < -0.4 is 0 Å². The van der Waals surface area contributed by atoms with Gasteiger partial charge in [0.25, 0.3) is 0 Å². The SMILES string of the molecule is CCCCCC(=O)N1C(C(=O)O)CSC1C1CCCCC1. The number of nitrogens with zero attached hydrogens (tertiary/aromatic N) is 1. The molecule has 0 aromatic carbocycles. The lowest BCUT2D eigenvalue weighted by Gasteiger charge is -2.35. The normalized spacial score (nSPS) is 27.0. The highest BCUT2D eigenvalue weighted by atomic mass is 32.2. The van der Waals surface area contributed by atoms with Gasteiger partial charge in [0, 0.05) is 12.2 Å². The number of carbonyl (C=O) groups is 2. The van der Waals surface area contributed by atoms with Crippen LogP contribution in [0.2, 0.25) is 0 Å². The number of carboxylic acids is 1. The second-order valence-electron chi connectivity index (χ2n) is 6.23. The van der Waals surface area contributed by atoms with E-state index in [1.54, 1.807) is 16.7 Å². The average molecular weight is 313 g/mol. The minimum atomic E-state index is -0.843. The van der Waals surface area contributed by atoms with Crippen LogP contribution in [-0.4, -0.2) is 39.1 Å². The zero-order valence-electron chi connectivity index (χ0n) is 12.9. The molecule has 2 unspecified atom stereocenters. The molecule has 2 rings (SSSR count). The van der Waals surface area contributed by atoms with E-state index < -0.39 is 12.0 Å². The van der Waals surface area contributed by atoms with E-state index in [0.29, 0.717) is 18.1 Å². The van der Waals surface area contributed by atoms with Crippen molar-refractivity contribution in [2.24, 2.45) is 5.92 Å². The van der Waals surface area contributed by atoms with Gasteiger partial charge in [0.15, 0.2) is 0 Å². The Hall–Kier alpha value is -0.710. The molecule has 21 heavy (non-hydrogen) atoms. The molecule has 5 heteroatoms. The van der Waals surface area contributed by atoms with Gasteiger partial charge in [0.2, 0.25) is 5.91 Å². The predicted octanol–water partition coefficient (Wildman–Crippen LogP) is 3.50. The highest BCUT2D eigenvalue weighted by Gasteiger charge is 2.44. The van der Waals surface area contributed by atoms with Crippen molar-refractivity contribution < 1.29 is 14.7 Å². The average Bonchev–Trinajstić information content (AvgIpc) is 2.93. The summed E-state index contributed by atoms with van der Waals surface area (Å²) in [6.07, 6.45) is 9.50. The molecule has 1 aliphatic carbocycles. The van der Waals surface area contributed by atoms with Gasteiger partial charge in [-0.3, -0.25) is 4.79 Å². The van der Waals surface area contributed by atoms with Gasteiger partial charge in [0.05, 0.1) is 5.37 Å². The van der Waals surface area contributed by atoms with Crippen LogP contribution in [-0.2, 0) is 9.59 Å². The van der Waals surface area contributed by atoms with Gasteiger partial charge in [-0.15, -0.1) is 11.8 Å². The molecule has 1 heterocycles. The summed E-state index contributed by atoms with van der Waals surface area (Å²) in [5.74, 6) is 0.250. The number of rotatable bonds is 6. The molecule has 1 saturated carbocycles. The summed E-state index contributed by atoms with van der Waals surface area (Å²) >= 11 is 1.69. The van der Waals surface area contributed by atoms with Crippen LogP contribution in [0.15, 0.2) is 0 Å². The zero-order valence-corrected chi connectivity index (χ0v) is 13.7.